The number of piperazine rings is 1. The highest BCUT2D eigenvalue weighted by Crippen LogP contribution is 2.42. The molecule has 0 radical (unpaired) electrons. The molecule has 6 nitrogen and oxygen atoms in total. The first-order valence-corrected chi connectivity index (χ1v) is 11.4. The minimum atomic E-state index is 0.289. The molecule has 0 spiro atoms. The van der Waals surface area contributed by atoms with Crippen molar-refractivity contribution < 1.29 is 4.74 Å². The van der Waals surface area contributed by atoms with Gasteiger partial charge in [0.25, 0.3) is 0 Å². The van der Waals surface area contributed by atoms with E-state index in [-0.39, 0.29) is 5.28 Å². The van der Waals surface area contributed by atoms with E-state index in [4.69, 9.17) is 16.3 Å². The van der Waals surface area contributed by atoms with Crippen LogP contribution in [0.2, 0.25) is 5.28 Å². The number of aromatic nitrogens is 3. The average Bonchev–Trinajstić information content (AvgIpc) is 3.14. The summed E-state index contributed by atoms with van der Waals surface area (Å²) in [4.78, 5) is 20.4. The van der Waals surface area contributed by atoms with Crippen LogP contribution in [-0.2, 0) is 0 Å². The molecule has 158 valence electrons. The van der Waals surface area contributed by atoms with Crippen molar-refractivity contribution in [1.82, 2.24) is 15.0 Å². The monoisotopic (exact) mass is 451 g/mol. The number of halogens is 1. The first-order chi connectivity index (χ1) is 15.1. The molecule has 8 heteroatoms. The number of nitrogens with zero attached hydrogens (tertiary/aromatic N) is 5. The van der Waals surface area contributed by atoms with Gasteiger partial charge in [0.2, 0.25) is 5.28 Å². The van der Waals surface area contributed by atoms with Gasteiger partial charge < -0.3 is 14.5 Å². The van der Waals surface area contributed by atoms with Crippen molar-refractivity contribution in [3.8, 4) is 16.9 Å². The maximum Gasteiger partial charge on any atom is 0.225 e. The second kappa shape index (κ2) is 8.32. The van der Waals surface area contributed by atoms with Crippen LogP contribution in [0.25, 0.3) is 21.3 Å². The quantitative estimate of drug-likeness (QED) is 0.405. The molecule has 0 N–H and O–H groups in total. The van der Waals surface area contributed by atoms with Crippen molar-refractivity contribution in [3.63, 3.8) is 0 Å². The second-order valence-electron chi connectivity index (χ2n) is 7.42. The third-order valence-corrected chi connectivity index (χ3v) is 6.78. The Morgan fingerprint density at radius 2 is 1.71 bits per heavy atom. The molecule has 0 saturated carbocycles. The van der Waals surface area contributed by atoms with E-state index in [0.717, 1.165) is 59.3 Å². The van der Waals surface area contributed by atoms with Crippen LogP contribution < -0.4 is 14.5 Å². The minimum absolute atomic E-state index is 0.289. The molecular weight excluding hydrogens is 430 g/mol. The lowest BCUT2D eigenvalue weighted by molar-refractivity contribution is 0.415. The van der Waals surface area contributed by atoms with E-state index >= 15 is 0 Å². The summed E-state index contributed by atoms with van der Waals surface area (Å²) in [5.41, 5.74) is 2.30. The maximum absolute atomic E-state index is 6.34. The van der Waals surface area contributed by atoms with Crippen LogP contribution in [0.3, 0.4) is 0 Å². The summed E-state index contributed by atoms with van der Waals surface area (Å²) in [6, 6.07) is 14.2. The summed E-state index contributed by atoms with van der Waals surface area (Å²) >= 11 is 8.00. The number of aryl methyl sites for hydroxylation is 1. The molecule has 3 aromatic heterocycles. The number of hydrogen-bond acceptors (Lipinski definition) is 7. The molecular formula is C23H22ClN5OS. The Morgan fingerprint density at radius 1 is 0.968 bits per heavy atom. The van der Waals surface area contributed by atoms with Gasteiger partial charge in [0.1, 0.15) is 22.2 Å². The SMILES string of the molecule is COc1ccc(-c2c(C)sc3nc(Cl)nc(N4CCN(c5ccccn5)CC4)c23)cc1. The van der Waals surface area contributed by atoms with Crippen molar-refractivity contribution in [3.05, 3.63) is 58.8 Å². The molecule has 4 heterocycles. The lowest BCUT2D eigenvalue weighted by Gasteiger charge is -2.36. The summed E-state index contributed by atoms with van der Waals surface area (Å²) in [7, 11) is 1.68. The van der Waals surface area contributed by atoms with E-state index in [9.17, 15) is 0 Å². The number of hydrogen-bond donors (Lipinski definition) is 0. The van der Waals surface area contributed by atoms with E-state index in [2.05, 4.69) is 49.9 Å². The number of benzene rings is 1. The topological polar surface area (TPSA) is 54.4 Å². The number of anilines is 2. The maximum atomic E-state index is 6.34. The summed E-state index contributed by atoms with van der Waals surface area (Å²) in [5, 5.41) is 1.36. The Kier molecular flexibility index (Phi) is 5.38. The molecule has 1 saturated heterocycles. The molecule has 0 atom stereocenters. The Hall–Kier alpha value is -2.90. The van der Waals surface area contributed by atoms with Crippen molar-refractivity contribution in [2.24, 2.45) is 0 Å². The molecule has 1 aromatic carbocycles. The smallest absolute Gasteiger partial charge is 0.225 e. The fourth-order valence-corrected chi connectivity index (χ4v) is 5.34. The molecule has 31 heavy (non-hydrogen) atoms. The fraction of sp³-hybridized carbons (Fsp3) is 0.261. The molecule has 0 unspecified atom stereocenters. The van der Waals surface area contributed by atoms with Gasteiger partial charge in [-0.2, -0.15) is 4.98 Å². The number of thiophene rings is 1. The number of fused-ring (bicyclic) bond motifs is 1. The molecule has 5 rings (SSSR count). The molecule has 0 amide bonds. The highest BCUT2D eigenvalue weighted by atomic mass is 35.5. The third kappa shape index (κ3) is 3.79. The number of rotatable bonds is 4. The van der Waals surface area contributed by atoms with Gasteiger partial charge in [0, 0.05) is 42.8 Å². The molecule has 1 aliphatic rings. The Bertz CT molecular complexity index is 1200. The number of ether oxygens (including phenoxy) is 1. The zero-order valence-corrected chi connectivity index (χ0v) is 19.0. The Labute approximate surface area is 190 Å². The molecule has 1 aliphatic heterocycles. The van der Waals surface area contributed by atoms with E-state index in [0.29, 0.717) is 0 Å². The van der Waals surface area contributed by atoms with E-state index in [1.807, 2.05) is 30.5 Å². The number of pyridine rings is 1. The van der Waals surface area contributed by atoms with Crippen molar-refractivity contribution >= 4 is 44.8 Å². The van der Waals surface area contributed by atoms with Crippen LogP contribution in [0, 0.1) is 6.92 Å². The highest BCUT2D eigenvalue weighted by molar-refractivity contribution is 7.19. The molecule has 0 aliphatic carbocycles. The standard InChI is InChI=1S/C23H22ClN5OS/c1-15-19(16-6-8-17(30-2)9-7-16)20-21(26-23(24)27-22(20)31-15)29-13-11-28(12-14-29)18-5-3-4-10-25-18/h3-10H,11-14H2,1-2H3. The first kappa shape index (κ1) is 20.0. The lowest BCUT2D eigenvalue weighted by atomic mass is 10.0. The predicted molar refractivity (Wildman–Crippen MR) is 128 cm³/mol. The van der Waals surface area contributed by atoms with Crippen LogP contribution in [0.15, 0.2) is 48.7 Å². The van der Waals surface area contributed by atoms with Gasteiger partial charge >= 0.3 is 0 Å². The number of methoxy groups -OCH3 is 1. The van der Waals surface area contributed by atoms with E-state index < -0.39 is 0 Å². The van der Waals surface area contributed by atoms with Crippen LogP contribution in [0.4, 0.5) is 11.6 Å². The van der Waals surface area contributed by atoms with E-state index in [1.54, 1.807) is 18.4 Å². The van der Waals surface area contributed by atoms with Gasteiger partial charge in [-0.1, -0.05) is 18.2 Å². The van der Waals surface area contributed by atoms with Crippen LogP contribution in [0.1, 0.15) is 4.88 Å². The van der Waals surface area contributed by atoms with Gasteiger partial charge in [0.05, 0.1) is 12.5 Å². The lowest BCUT2D eigenvalue weighted by Crippen LogP contribution is -2.47. The molecule has 0 bridgehead atoms. The zero-order valence-electron chi connectivity index (χ0n) is 17.4. The van der Waals surface area contributed by atoms with Crippen LogP contribution >= 0.6 is 22.9 Å². The van der Waals surface area contributed by atoms with Gasteiger partial charge in [-0.25, -0.2) is 9.97 Å². The van der Waals surface area contributed by atoms with Crippen LogP contribution in [-0.4, -0.2) is 48.2 Å². The van der Waals surface area contributed by atoms with E-state index in [1.165, 1.54) is 10.4 Å². The second-order valence-corrected chi connectivity index (χ2v) is 8.96. The minimum Gasteiger partial charge on any atom is -0.497 e. The molecule has 1 fully saturated rings. The predicted octanol–water partition coefficient (Wildman–Crippen LogP) is 5.05. The summed E-state index contributed by atoms with van der Waals surface area (Å²) in [6.45, 7) is 5.57. The largest absolute Gasteiger partial charge is 0.497 e. The van der Waals surface area contributed by atoms with Crippen molar-refractivity contribution in [2.45, 2.75) is 6.92 Å². The van der Waals surface area contributed by atoms with Crippen molar-refractivity contribution in [2.75, 3.05) is 43.1 Å². The summed E-state index contributed by atoms with van der Waals surface area (Å²) < 4.78 is 5.33. The summed E-state index contributed by atoms with van der Waals surface area (Å²) in [5.74, 6) is 2.76. The Morgan fingerprint density at radius 3 is 2.39 bits per heavy atom. The third-order valence-electron chi connectivity index (χ3n) is 5.61. The van der Waals surface area contributed by atoms with Crippen molar-refractivity contribution in [1.29, 1.82) is 0 Å². The highest BCUT2D eigenvalue weighted by Gasteiger charge is 2.25. The first-order valence-electron chi connectivity index (χ1n) is 10.2. The normalized spacial score (nSPS) is 14.3. The van der Waals surface area contributed by atoms with Gasteiger partial charge in [-0.15, -0.1) is 11.3 Å². The fourth-order valence-electron chi connectivity index (χ4n) is 4.09. The summed E-state index contributed by atoms with van der Waals surface area (Å²) in [6.07, 6.45) is 1.84. The average molecular weight is 452 g/mol. The molecule has 4 aromatic rings. The zero-order chi connectivity index (χ0) is 21.4. The Balaban J connectivity index is 1.53. The van der Waals surface area contributed by atoms with Gasteiger partial charge in [0.15, 0.2) is 0 Å². The van der Waals surface area contributed by atoms with Crippen LogP contribution in [0.5, 0.6) is 5.75 Å². The van der Waals surface area contributed by atoms with Gasteiger partial charge in [-0.3, -0.25) is 0 Å². The van der Waals surface area contributed by atoms with Gasteiger partial charge in [-0.05, 0) is 48.4 Å².